The Balaban J connectivity index is 1.84. The highest BCUT2D eigenvalue weighted by atomic mass is 79.9. The molecule has 0 aliphatic carbocycles. The van der Waals surface area contributed by atoms with Crippen molar-refractivity contribution < 1.29 is 9.90 Å². The van der Waals surface area contributed by atoms with Gasteiger partial charge in [-0.25, -0.2) is 0 Å². The van der Waals surface area contributed by atoms with Gasteiger partial charge < -0.3 is 10.4 Å². The van der Waals surface area contributed by atoms with Crippen LogP contribution in [-0.4, -0.2) is 22.5 Å². The van der Waals surface area contributed by atoms with Gasteiger partial charge in [-0.05, 0) is 39.5 Å². The molecular formula is C15H15BrN2O2. The summed E-state index contributed by atoms with van der Waals surface area (Å²) in [7, 11) is 0. The van der Waals surface area contributed by atoms with Crippen molar-refractivity contribution in [2.45, 2.75) is 13.0 Å². The SMILES string of the molecule is O=C(NCCc1ccc(CO)cc1)c1cncc(Br)c1. The number of aliphatic hydroxyl groups is 1. The topological polar surface area (TPSA) is 62.2 Å². The minimum absolute atomic E-state index is 0.0485. The van der Waals surface area contributed by atoms with E-state index in [1.54, 1.807) is 12.3 Å². The van der Waals surface area contributed by atoms with Crippen molar-refractivity contribution in [3.63, 3.8) is 0 Å². The van der Waals surface area contributed by atoms with Crippen LogP contribution >= 0.6 is 15.9 Å². The zero-order valence-corrected chi connectivity index (χ0v) is 12.4. The molecule has 0 fully saturated rings. The fourth-order valence-electron chi connectivity index (χ4n) is 1.77. The van der Waals surface area contributed by atoms with Crippen LogP contribution in [0.15, 0.2) is 47.2 Å². The van der Waals surface area contributed by atoms with Crippen LogP contribution in [0.2, 0.25) is 0 Å². The molecule has 2 N–H and O–H groups in total. The second-order valence-electron chi connectivity index (χ2n) is 4.37. The summed E-state index contributed by atoms with van der Waals surface area (Å²) in [5, 5.41) is 11.8. The maximum Gasteiger partial charge on any atom is 0.252 e. The van der Waals surface area contributed by atoms with Gasteiger partial charge in [0.05, 0.1) is 12.2 Å². The second-order valence-corrected chi connectivity index (χ2v) is 5.29. The first-order chi connectivity index (χ1) is 9.69. The lowest BCUT2D eigenvalue weighted by Gasteiger charge is -2.06. The van der Waals surface area contributed by atoms with Crippen LogP contribution in [0.4, 0.5) is 0 Å². The van der Waals surface area contributed by atoms with Gasteiger partial charge in [0.2, 0.25) is 0 Å². The van der Waals surface area contributed by atoms with Crippen molar-refractivity contribution >= 4 is 21.8 Å². The Hall–Kier alpha value is -1.72. The van der Waals surface area contributed by atoms with Crippen LogP contribution < -0.4 is 5.32 Å². The molecule has 0 unspecified atom stereocenters. The molecule has 0 bridgehead atoms. The Bertz CT molecular complexity index is 585. The molecule has 4 nitrogen and oxygen atoms in total. The highest BCUT2D eigenvalue weighted by Crippen LogP contribution is 2.09. The van der Waals surface area contributed by atoms with Crippen LogP contribution in [0.25, 0.3) is 0 Å². The monoisotopic (exact) mass is 334 g/mol. The third-order valence-electron chi connectivity index (χ3n) is 2.87. The van der Waals surface area contributed by atoms with Gasteiger partial charge in [0.1, 0.15) is 0 Å². The number of hydrogen-bond acceptors (Lipinski definition) is 3. The van der Waals surface area contributed by atoms with Crippen molar-refractivity contribution in [2.75, 3.05) is 6.54 Å². The molecule has 0 aliphatic rings. The van der Waals surface area contributed by atoms with E-state index in [1.807, 2.05) is 24.3 Å². The lowest BCUT2D eigenvalue weighted by atomic mass is 10.1. The second kappa shape index (κ2) is 7.17. The molecule has 0 saturated heterocycles. The zero-order valence-electron chi connectivity index (χ0n) is 10.8. The van der Waals surface area contributed by atoms with E-state index in [-0.39, 0.29) is 12.5 Å². The number of benzene rings is 1. The van der Waals surface area contributed by atoms with Crippen LogP contribution in [-0.2, 0) is 13.0 Å². The van der Waals surface area contributed by atoms with E-state index in [1.165, 1.54) is 6.20 Å². The number of aromatic nitrogens is 1. The number of pyridine rings is 1. The first-order valence-corrected chi connectivity index (χ1v) is 7.06. The summed E-state index contributed by atoms with van der Waals surface area (Å²) in [6, 6.07) is 9.42. The van der Waals surface area contributed by atoms with Crippen LogP contribution in [0.5, 0.6) is 0 Å². The van der Waals surface area contributed by atoms with Crippen molar-refractivity contribution in [3.8, 4) is 0 Å². The molecule has 1 amide bonds. The van der Waals surface area contributed by atoms with Gasteiger partial charge in [0, 0.05) is 23.4 Å². The van der Waals surface area contributed by atoms with E-state index in [2.05, 4.69) is 26.2 Å². The van der Waals surface area contributed by atoms with Gasteiger partial charge in [0.25, 0.3) is 5.91 Å². The molecule has 1 heterocycles. The van der Waals surface area contributed by atoms with Crippen LogP contribution in [0.3, 0.4) is 0 Å². The summed E-state index contributed by atoms with van der Waals surface area (Å²) in [6.07, 6.45) is 3.93. The number of nitrogens with one attached hydrogen (secondary N) is 1. The largest absolute Gasteiger partial charge is 0.392 e. The Labute approximate surface area is 126 Å². The summed E-state index contributed by atoms with van der Waals surface area (Å²) in [6.45, 7) is 0.608. The molecule has 0 atom stereocenters. The van der Waals surface area contributed by atoms with Gasteiger partial charge in [-0.1, -0.05) is 24.3 Å². The number of carbonyl (C=O) groups excluding carboxylic acids is 1. The number of hydrogen-bond donors (Lipinski definition) is 2. The molecule has 2 rings (SSSR count). The normalized spacial score (nSPS) is 10.3. The molecule has 20 heavy (non-hydrogen) atoms. The minimum Gasteiger partial charge on any atom is -0.392 e. The zero-order chi connectivity index (χ0) is 14.4. The first-order valence-electron chi connectivity index (χ1n) is 6.26. The minimum atomic E-state index is -0.134. The Morgan fingerprint density at radius 3 is 2.55 bits per heavy atom. The highest BCUT2D eigenvalue weighted by Gasteiger charge is 2.05. The Kier molecular flexibility index (Phi) is 5.26. The molecule has 0 radical (unpaired) electrons. The number of halogens is 1. The predicted octanol–water partition coefficient (Wildman–Crippen LogP) is 2.31. The average molecular weight is 335 g/mol. The summed E-state index contributed by atoms with van der Waals surface area (Å²) in [5.41, 5.74) is 2.54. The lowest BCUT2D eigenvalue weighted by molar-refractivity contribution is 0.0953. The number of aliphatic hydroxyl groups excluding tert-OH is 1. The van der Waals surface area contributed by atoms with E-state index in [0.29, 0.717) is 12.1 Å². The standard InChI is InChI=1S/C15H15BrN2O2/c16-14-7-13(8-17-9-14)15(20)18-6-5-11-1-3-12(10-19)4-2-11/h1-4,7-9,19H,5-6,10H2,(H,18,20). The van der Waals surface area contributed by atoms with Crippen molar-refractivity contribution in [1.29, 1.82) is 0 Å². The third-order valence-corrected chi connectivity index (χ3v) is 3.31. The fourth-order valence-corrected chi connectivity index (χ4v) is 2.13. The first kappa shape index (κ1) is 14.7. The van der Waals surface area contributed by atoms with E-state index >= 15 is 0 Å². The van der Waals surface area contributed by atoms with Gasteiger partial charge in [-0.15, -0.1) is 0 Å². The molecule has 1 aromatic heterocycles. The highest BCUT2D eigenvalue weighted by molar-refractivity contribution is 9.10. The summed E-state index contributed by atoms with van der Waals surface area (Å²) in [4.78, 5) is 15.8. The molecule has 0 aliphatic heterocycles. The summed E-state index contributed by atoms with van der Waals surface area (Å²) >= 11 is 3.29. The Morgan fingerprint density at radius 2 is 1.90 bits per heavy atom. The number of carbonyl (C=O) groups is 1. The predicted molar refractivity (Wildman–Crippen MR) is 80.3 cm³/mol. The van der Waals surface area contributed by atoms with Gasteiger partial charge in [0.15, 0.2) is 0 Å². The third kappa shape index (κ3) is 4.15. The van der Waals surface area contributed by atoms with E-state index in [0.717, 1.165) is 22.0 Å². The van der Waals surface area contributed by atoms with E-state index in [9.17, 15) is 4.79 Å². The van der Waals surface area contributed by atoms with Gasteiger partial charge in [-0.3, -0.25) is 9.78 Å². The number of amides is 1. The summed E-state index contributed by atoms with van der Waals surface area (Å²) in [5.74, 6) is -0.134. The maximum atomic E-state index is 11.9. The van der Waals surface area contributed by atoms with Gasteiger partial charge >= 0.3 is 0 Å². The number of rotatable bonds is 5. The quantitative estimate of drug-likeness (QED) is 0.881. The van der Waals surface area contributed by atoms with E-state index in [4.69, 9.17) is 5.11 Å². The molecular weight excluding hydrogens is 320 g/mol. The van der Waals surface area contributed by atoms with E-state index < -0.39 is 0 Å². The van der Waals surface area contributed by atoms with Crippen LogP contribution in [0, 0.1) is 0 Å². The number of nitrogens with zero attached hydrogens (tertiary/aromatic N) is 1. The molecule has 1 aromatic carbocycles. The summed E-state index contributed by atoms with van der Waals surface area (Å²) < 4.78 is 0.782. The average Bonchev–Trinajstić information content (AvgIpc) is 2.48. The molecule has 104 valence electrons. The molecule has 0 spiro atoms. The van der Waals surface area contributed by atoms with Gasteiger partial charge in [-0.2, -0.15) is 0 Å². The maximum absolute atomic E-state index is 11.9. The van der Waals surface area contributed by atoms with Crippen molar-refractivity contribution in [2.24, 2.45) is 0 Å². The fraction of sp³-hybridized carbons (Fsp3) is 0.200. The smallest absolute Gasteiger partial charge is 0.252 e. The van der Waals surface area contributed by atoms with Crippen molar-refractivity contribution in [1.82, 2.24) is 10.3 Å². The molecule has 5 heteroatoms. The van der Waals surface area contributed by atoms with Crippen molar-refractivity contribution in [3.05, 3.63) is 63.9 Å². The Morgan fingerprint density at radius 1 is 1.20 bits per heavy atom. The molecule has 0 saturated carbocycles. The lowest BCUT2D eigenvalue weighted by Crippen LogP contribution is -2.25. The molecule has 2 aromatic rings. The van der Waals surface area contributed by atoms with Crippen LogP contribution in [0.1, 0.15) is 21.5 Å².